The van der Waals surface area contributed by atoms with Gasteiger partial charge in [0, 0.05) is 22.7 Å². The third-order valence-electron chi connectivity index (χ3n) is 5.84. The molecule has 5 aromatic rings. The van der Waals surface area contributed by atoms with E-state index < -0.39 is 0 Å². The number of amides is 1. The molecule has 0 aliphatic heterocycles. The minimum Gasteiger partial charge on any atom is -0.488 e. The molecule has 0 fully saturated rings. The molecule has 1 atom stereocenters. The van der Waals surface area contributed by atoms with Crippen LogP contribution in [0.2, 0.25) is 0 Å². The standard InChI is InChI=1S/C28H26N4O4/c1-19(18-33)36-24-10-7-20(8-11-24)22-6-9-23(30-15-22)16-31-27(34)17-32-25-5-3-2-4-21(25)14-26(32)28-29-12-13-35-28/h2-15,19,33H,16-18H2,1H3,(H,31,34). The van der Waals surface area contributed by atoms with E-state index in [1.54, 1.807) is 12.4 Å². The molecule has 5 rings (SSSR count). The number of benzene rings is 2. The fraction of sp³-hybridized carbons (Fsp3) is 0.179. The first kappa shape index (κ1) is 23.3. The molecule has 0 spiro atoms. The molecule has 3 aromatic heterocycles. The maximum absolute atomic E-state index is 12.8. The number of oxazole rings is 1. The average Bonchev–Trinajstić information content (AvgIpc) is 3.57. The second-order valence-electron chi connectivity index (χ2n) is 8.46. The van der Waals surface area contributed by atoms with Crippen LogP contribution in [0, 0.1) is 0 Å². The highest BCUT2D eigenvalue weighted by atomic mass is 16.5. The molecule has 3 heterocycles. The van der Waals surface area contributed by atoms with Gasteiger partial charge in [-0.3, -0.25) is 9.78 Å². The van der Waals surface area contributed by atoms with E-state index >= 15 is 0 Å². The number of para-hydroxylation sites is 1. The number of ether oxygens (including phenoxy) is 1. The van der Waals surface area contributed by atoms with Gasteiger partial charge in [-0.25, -0.2) is 4.98 Å². The summed E-state index contributed by atoms with van der Waals surface area (Å²) in [6.45, 7) is 2.23. The van der Waals surface area contributed by atoms with E-state index in [9.17, 15) is 4.79 Å². The Hall–Kier alpha value is -4.43. The zero-order valence-corrected chi connectivity index (χ0v) is 19.8. The van der Waals surface area contributed by atoms with Crippen LogP contribution in [0.1, 0.15) is 12.6 Å². The third kappa shape index (κ3) is 5.13. The largest absolute Gasteiger partial charge is 0.488 e. The molecular formula is C28H26N4O4. The molecule has 2 N–H and O–H groups in total. The fourth-order valence-corrected chi connectivity index (χ4v) is 3.99. The van der Waals surface area contributed by atoms with Gasteiger partial charge in [0.15, 0.2) is 0 Å². The predicted octanol–water partition coefficient (Wildman–Crippen LogP) is 4.43. The lowest BCUT2D eigenvalue weighted by Crippen LogP contribution is -2.27. The van der Waals surface area contributed by atoms with E-state index in [1.807, 2.05) is 78.2 Å². The van der Waals surface area contributed by atoms with Crippen LogP contribution in [0.4, 0.5) is 0 Å². The van der Waals surface area contributed by atoms with Gasteiger partial charge in [-0.15, -0.1) is 0 Å². The van der Waals surface area contributed by atoms with Crippen LogP contribution in [0.3, 0.4) is 0 Å². The summed E-state index contributed by atoms with van der Waals surface area (Å²) in [4.78, 5) is 21.6. The molecule has 2 aromatic carbocycles. The number of carbonyl (C=O) groups is 1. The molecule has 182 valence electrons. The zero-order chi connectivity index (χ0) is 24.9. The Morgan fingerprint density at radius 3 is 2.61 bits per heavy atom. The van der Waals surface area contributed by atoms with Gasteiger partial charge in [0.2, 0.25) is 11.8 Å². The number of aromatic nitrogens is 3. The first-order valence-corrected chi connectivity index (χ1v) is 11.7. The van der Waals surface area contributed by atoms with Crippen LogP contribution in [0.5, 0.6) is 5.75 Å². The van der Waals surface area contributed by atoms with Gasteiger partial charge in [-0.1, -0.05) is 36.4 Å². The van der Waals surface area contributed by atoms with E-state index in [0.29, 0.717) is 18.2 Å². The summed E-state index contributed by atoms with van der Waals surface area (Å²) in [5.74, 6) is 1.04. The maximum atomic E-state index is 12.8. The van der Waals surface area contributed by atoms with Crippen molar-refractivity contribution < 1.29 is 19.1 Å². The van der Waals surface area contributed by atoms with Gasteiger partial charge in [0.25, 0.3) is 0 Å². The first-order valence-electron chi connectivity index (χ1n) is 11.7. The topological polar surface area (TPSA) is 102 Å². The van der Waals surface area contributed by atoms with Crippen molar-refractivity contribution in [1.82, 2.24) is 19.9 Å². The Kier molecular flexibility index (Phi) is 6.77. The highest BCUT2D eigenvalue weighted by Crippen LogP contribution is 2.27. The van der Waals surface area contributed by atoms with Gasteiger partial charge in [0.05, 0.1) is 25.0 Å². The summed E-state index contributed by atoms with van der Waals surface area (Å²) in [5.41, 5.74) is 4.41. The number of hydrogen-bond donors (Lipinski definition) is 2. The van der Waals surface area contributed by atoms with Crippen LogP contribution in [0.15, 0.2) is 89.8 Å². The van der Waals surface area contributed by atoms with Crippen molar-refractivity contribution >= 4 is 16.8 Å². The van der Waals surface area contributed by atoms with Crippen molar-refractivity contribution in [2.75, 3.05) is 6.61 Å². The second-order valence-corrected chi connectivity index (χ2v) is 8.46. The Labute approximate surface area is 208 Å². The predicted molar refractivity (Wildman–Crippen MR) is 136 cm³/mol. The fourth-order valence-electron chi connectivity index (χ4n) is 3.99. The van der Waals surface area contributed by atoms with Crippen molar-refractivity contribution in [2.45, 2.75) is 26.1 Å². The van der Waals surface area contributed by atoms with E-state index in [1.165, 1.54) is 6.26 Å². The quantitative estimate of drug-likeness (QED) is 0.322. The average molecular weight is 483 g/mol. The highest BCUT2D eigenvalue weighted by molar-refractivity contribution is 5.88. The molecule has 1 unspecified atom stereocenters. The molecule has 0 aliphatic rings. The number of carbonyl (C=O) groups excluding carboxylic acids is 1. The Morgan fingerprint density at radius 1 is 1.08 bits per heavy atom. The third-order valence-corrected chi connectivity index (χ3v) is 5.84. The van der Waals surface area contributed by atoms with Crippen LogP contribution in [0.25, 0.3) is 33.6 Å². The minimum atomic E-state index is -0.253. The molecule has 1 amide bonds. The summed E-state index contributed by atoms with van der Waals surface area (Å²) in [6.07, 6.45) is 4.64. The normalized spacial score (nSPS) is 11.9. The first-order chi connectivity index (χ1) is 17.6. The van der Waals surface area contributed by atoms with Gasteiger partial charge in [-0.2, -0.15) is 0 Å². The Bertz CT molecular complexity index is 1440. The number of hydrogen-bond acceptors (Lipinski definition) is 6. The van der Waals surface area contributed by atoms with Crippen molar-refractivity contribution in [3.05, 3.63) is 91.1 Å². The minimum absolute atomic E-state index is 0.0337. The molecular weight excluding hydrogens is 456 g/mol. The van der Waals surface area contributed by atoms with Crippen molar-refractivity contribution in [1.29, 1.82) is 0 Å². The van der Waals surface area contributed by atoms with E-state index in [2.05, 4.69) is 15.3 Å². The molecule has 0 bridgehead atoms. The van der Waals surface area contributed by atoms with Crippen LogP contribution >= 0.6 is 0 Å². The van der Waals surface area contributed by atoms with Crippen LogP contribution in [-0.4, -0.2) is 38.3 Å². The van der Waals surface area contributed by atoms with Crippen LogP contribution in [-0.2, 0) is 17.9 Å². The van der Waals surface area contributed by atoms with Crippen molar-refractivity contribution in [3.63, 3.8) is 0 Å². The van der Waals surface area contributed by atoms with Gasteiger partial charge < -0.3 is 24.1 Å². The number of aliphatic hydroxyl groups is 1. The molecule has 8 nitrogen and oxygen atoms in total. The molecule has 0 radical (unpaired) electrons. The van der Waals surface area contributed by atoms with Gasteiger partial charge in [0.1, 0.15) is 30.4 Å². The van der Waals surface area contributed by atoms with E-state index in [-0.39, 0.29) is 25.2 Å². The Morgan fingerprint density at radius 2 is 1.89 bits per heavy atom. The summed E-state index contributed by atoms with van der Waals surface area (Å²) >= 11 is 0. The monoisotopic (exact) mass is 482 g/mol. The molecule has 0 saturated carbocycles. The number of pyridine rings is 1. The highest BCUT2D eigenvalue weighted by Gasteiger charge is 2.16. The SMILES string of the molecule is CC(CO)Oc1ccc(-c2ccc(CNC(=O)Cn3c(-c4ncco4)cc4ccccc43)nc2)cc1. The summed E-state index contributed by atoms with van der Waals surface area (Å²) in [5, 5.41) is 13.1. The van der Waals surface area contributed by atoms with Gasteiger partial charge in [-0.05, 0) is 42.8 Å². The second kappa shape index (κ2) is 10.5. The molecule has 0 saturated heterocycles. The van der Waals surface area contributed by atoms with Gasteiger partial charge >= 0.3 is 0 Å². The Balaban J connectivity index is 1.23. The number of rotatable bonds is 9. The molecule has 8 heteroatoms. The summed E-state index contributed by atoms with van der Waals surface area (Å²) < 4.78 is 13.0. The lowest BCUT2D eigenvalue weighted by Gasteiger charge is -2.12. The molecule has 0 aliphatic carbocycles. The smallest absolute Gasteiger partial charge is 0.243 e. The number of nitrogens with one attached hydrogen (secondary N) is 1. The number of aliphatic hydroxyl groups excluding tert-OH is 1. The zero-order valence-electron chi connectivity index (χ0n) is 19.8. The lowest BCUT2D eigenvalue weighted by molar-refractivity contribution is -0.121. The molecule has 36 heavy (non-hydrogen) atoms. The lowest BCUT2D eigenvalue weighted by atomic mass is 10.1. The number of nitrogens with zero attached hydrogens (tertiary/aromatic N) is 3. The maximum Gasteiger partial charge on any atom is 0.243 e. The van der Waals surface area contributed by atoms with E-state index in [4.69, 9.17) is 14.3 Å². The summed E-state index contributed by atoms with van der Waals surface area (Å²) in [7, 11) is 0. The van der Waals surface area contributed by atoms with Crippen molar-refractivity contribution in [3.8, 4) is 28.5 Å². The van der Waals surface area contributed by atoms with Crippen molar-refractivity contribution in [2.24, 2.45) is 0 Å². The van der Waals surface area contributed by atoms with E-state index in [0.717, 1.165) is 33.4 Å². The number of fused-ring (bicyclic) bond motifs is 1. The summed E-state index contributed by atoms with van der Waals surface area (Å²) in [6, 6.07) is 21.4. The van der Waals surface area contributed by atoms with Crippen LogP contribution < -0.4 is 10.1 Å².